The van der Waals surface area contributed by atoms with Crippen molar-refractivity contribution in [1.82, 2.24) is 4.98 Å². The summed E-state index contributed by atoms with van der Waals surface area (Å²) in [5.74, 6) is -1.04. The molecule has 0 fully saturated rings. The van der Waals surface area contributed by atoms with Crippen molar-refractivity contribution < 1.29 is 18.0 Å². The molecule has 0 aliphatic heterocycles. The normalized spacial score (nSPS) is 10.6. The molecule has 0 saturated heterocycles. The highest BCUT2D eigenvalue weighted by molar-refractivity contribution is 5.95. The number of ketones is 1. The van der Waals surface area contributed by atoms with Crippen LogP contribution in [0.3, 0.4) is 0 Å². The molecule has 0 aliphatic carbocycles. The Bertz CT molecular complexity index is 875. The Hall–Kier alpha value is -3.02. The molecule has 0 spiro atoms. The molecule has 2 aromatic carbocycles. The van der Waals surface area contributed by atoms with E-state index < -0.39 is 11.6 Å². The predicted octanol–water partition coefficient (Wildman–Crippen LogP) is 4.57. The summed E-state index contributed by atoms with van der Waals surface area (Å²) >= 11 is 0. The summed E-state index contributed by atoms with van der Waals surface area (Å²) in [4.78, 5) is 15.4. The molecule has 3 aromatic rings. The highest BCUT2D eigenvalue weighted by atomic mass is 19.1. The molecule has 116 valence electrons. The summed E-state index contributed by atoms with van der Waals surface area (Å²) in [5.41, 5.74) is 1.29. The van der Waals surface area contributed by atoms with Crippen LogP contribution in [-0.2, 0) is 0 Å². The van der Waals surface area contributed by atoms with Gasteiger partial charge in [-0.3, -0.25) is 4.79 Å². The number of benzene rings is 2. The fraction of sp³-hybridized carbons (Fsp3) is 0.0588. The molecule has 1 N–H and O–H groups in total. The first kappa shape index (κ1) is 14.9. The van der Waals surface area contributed by atoms with Crippen molar-refractivity contribution in [2.75, 3.05) is 5.32 Å². The van der Waals surface area contributed by atoms with Gasteiger partial charge in [-0.05, 0) is 25.1 Å². The summed E-state index contributed by atoms with van der Waals surface area (Å²) in [7, 11) is 0. The maximum absolute atomic E-state index is 13.6. The first-order valence-corrected chi connectivity index (χ1v) is 6.82. The van der Waals surface area contributed by atoms with E-state index in [1.54, 1.807) is 24.3 Å². The molecule has 0 aliphatic rings. The van der Waals surface area contributed by atoms with Crippen molar-refractivity contribution in [3.8, 4) is 11.3 Å². The lowest BCUT2D eigenvalue weighted by atomic mass is 10.1. The van der Waals surface area contributed by atoms with Crippen LogP contribution < -0.4 is 5.32 Å². The molecule has 23 heavy (non-hydrogen) atoms. The van der Waals surface area contributed by atoms with Gasteiger partial charge in [-0.25, -0.2) is 13.8 Å². The van der Waals surface area contributed by atoms with Crippen molar-refractivity contribution in [3.05, 3.63) is 65.9 Å². The number of hydrogen-bond acceptors (Lipinski definition) is 4. The lowest BCUT2D eigenvalue weighted by Gasteiger charge is -2.03. The van der Waals surface area contributed by atoms with Gasteiger partial charge in [-0.1, -0.05) is 18.2 Å². The Labute approximate surface area is 130 Å². The first-order chi connectivity index (χ1) is 11.0. The molecule has 0 radical (unpaired) electrons. The zero-order valence-corrected chi connectivity index (χ0v) is 12.1. The number of halogens is 2. The smallest absolute Gasteiger partial charge is 0.299 e. The van der Waals surface area contributed by atoms with E-state index in [1.807, 2.05) is 0 Å². The zero-order valence-electron chi connectivity index (χ0n) is 12.1. The monoisotopic (exact) mass is 314 g/mol. The average Bonchev–Trinajstić information content (AvgIpc) is 2.99. The molecule has 0 atom stereocenters. The average molecular weight is 314 g/mol. The summed E-state index contributed by atoms with van der Waals surface area (Å²) in [6.07, 6.45) is 1.46. The van der Waals surface area contributed by atoms with Gasteiger partial charge in [-0.15, -0.1) is 0 Å². The molecule has 1 aromatic heterocycles. The number of carbonyl (C=O) groups excluding carboxylic acids is 1. The van der Waals surface area contributed by atoms with E-state index in [1.165, 1.54) is 19.2 Å². The Balaban J connectivity index is 1.86. The number of oxazole rings is 1. The third kappa shape index (κ3) is 3.26. The molecule has 4 nitrogen and oxygen atoms in total. The van der Waals surface area contributed by atoms with E-state index in [-0.39, 0.29) is 17.5 Å². The van der Waals surface area contributed by atoms with Crippen LogP contribution in [0.1, 0.15) is 17.3 Å². The second-order valence-electron chi connectivity index (χ2n) is 4.92. The number of aromatic nitrogens is 1. The van der Waals surface area contributed by atoms with Crippen molar-refractivity contribution in [1.29, 1.82) is 0 Å². The number of rotatable bonds is 4. The van der Waals surface area contributed by atoms with Crippen molar-refractivity contribution in [2.45, 2.75) is 6.92 Å². The van der Waals surface area contributed by atoms with Gasteiger partial charge in [0.15, 0.2) is 11.5 Å². The minimum absolute atomic E-state index is 0.0530. The minimum Gasteiger partial charge on any atom is -0.423 e. The van der Waals surface area contributed by atoms with Gasteiger partial charge < -0.3 is 9.73 Å². The van der Waals surface area contributed by atoms with Crippen LogP contribution in [0, 0.1) is 11.6 Å². The second-order valence-corrected chi connectivity index (χ2v) is 4.92. The van der Waals surface area contributed by atoms with Gasteiger partial charge in [0.2, 0.25) is 0 Å². The van der Waals surface area contributed by atoms with Gasteiger partial charge >= 0.3 is 0 Å². The van der Waals surface area contributed by atoms with Crippen LogP contribution in [0.15, 0.2) is 53.1 Å². The van der Waals surface area contributed by atoms with Crippen molar-refractivity contribution in [3.63, 3.8) is 0 Å². The Morgan fingerprint density at radius 2 is 2.00 bits per heavy atom. The van der Waals surface area contributed by atoms with Gasteiger partial charge in [0.25, 0.3) is 6.01 Å². The van der Waals surface area contributed by atoms with Gasteiger partial charge in [0.05, 0.1) is 11.9 Å². The summed E-state index contributed by atoms with van der Waals surface area (Å²) in [6, 6.07) is 10.1. The molecule has 0 saturated carbocycles. The van der Waals surface area contributed by atoms with Gasteiger partial charge in [0.1, 0.15) is 11.6 Å². The number of anilines is 2. The molecule has 0 amide bonds. The van der Waals surface area contributed by atoms with Gasteiger partial charge in [-0.2, -0.15) is 0 Å². The summed E-state index contributed by atoms with van der Waals surface area (Å²) in [5, 5.41) is 2.64. The van der Waals surface area contributed by atoms with Crippen molar-refractivity contribution in [2.24, 2.45) is 0 Å². The number of Topliss-reactive ketones (excluding diaryl/α,β-unsaturated/α-hetero) is 1. The molecular formula is C17H12F2N2O2. The zero-order chi connectivity index (χ0) is 16.4. The van der Waals surface area contributed by atoms with Crippen LogP contribution in [-0.4, -0.2) is 10.8 Å². The van der Waals surface area contributed by atoms with E-state index in [0.717, 1.165) is 12.1 Å². The SMILES string of the molecule is CC(=O)c1cccc(-c2cnc(Nc3ccc(F)cc3F)o2)c1. The fourth-order valence-electron chi connectivity index (χ4n) is 2.06. The van der Waals surface area contributed by atoms with E-state index in [4.69, 9.17) is 4.42 Å². The van der Waals surface area contributed by atoms with E-state index in [9.17, 15) is 13.6 Å². The lowest BCUT2D eigenvalue weighted by Crippen LogP contribution is -1.94. The number of nitrogens with one attached hydrogen (secondary N) is 1. The molecule has 1 heterocycles. The largest absolute Gasteiger partial charge is 0.423 e. The van der Waals surface area contributed by atoms with E-state index in [2.05, 4.69) is 10.3 Å². The molecule has 3 rings (SSSR count). The Kier molecular flexibility index (Phi) is 3.89. The summed E-state index contributed by atoms with van der Waals surface area (Å²) < 4.78 is 32.0. The molecular weight excluding hydrogens is 302 g/mol. The maximum atomic E-state index is 13.6. The molecule has 0 unspecified atom stereocenters. The minimum atomic E-state index is -0.747. The first-order valence-electron chi connectivity index (χ1n) is 6.82. The summed E-state index contributed by atoms with van der Waals surface area (Å²) in [6.45, 7) is 1.48. The third-order valence-electron chi connectivity index (χ3n) is 3.23. The Morgan fingerprint density at radius 1 is 1.17 bits per heavy atom. The third-order valence-corrected chi connectivity index (χ3v) is 3.23. The highest BCUT2D eigenvalue weighted by Crippen LogP contribution is 2.26. The van der Waals surface area contributed by atoms with Crippen LogP contribution in [0.5, 0.6) is 0 Å². The lowest BCUT2D eigenvalue weighted by molar-refractivity contribution is 0.101. The van der Waals surface area contributed by atoms with E-state index in [0.29, 0.717) is 16.9 Å². The number of hydrogen-bond donors (Lipinski definition) is 1. The van der Waals surface area contributed by atoms with Crippen LogP contribution in [0.4, 0.5) is 20.5 Å². The highest BCUT2D eigenvalue weighted by Gasteiger charge is 2.10. The molecule has 0 bridgehead atoms. The Morgan fingerprint density at radius 3 is 2.74 bits per heavy atom. The van der Waals surface area contributed by atoms with Crippen LogP contribution in [0.25, 0.3) is 11.3 Å². The quantitative estimate of drug-likeness (QED) is 0.717. The maximum Gasteiger partial charge on any atom is 0.299 e. The van der Waals surface area contributed by atoms with Crippen molar-refractivity contribution >= 4 is 17.5 Å². The second kappa shape index (κ2) is 6.00. The molecule has 6 heteroatoms. The fourth-order valence-corrected chi connectivity index (χ4v) is 2.06. The topological polar surface area (TPSA) is 55.1 Å². The number of carbonyl (C=O) groups is 1. The van der Waals surface area contributed by atoms with E-state index >= 15 is 0 Å². The standard InChI is InChI=1S/C17H12F2N2O2/c1-10(22)11-3-2-4-12(7-11)16-9-20-17(23-16)21-15-6-5-13(18)8-14(15)19/h2-9H,1H3,(H,20,21). The predicted molar refractivity (Wildman–Crippen MR) is 81.6 cm³/mol. The number of nitrogens with zero attached hydrogens (tertiary/aromatic N) is 1. The van der Waals surface area contributed by atoms with Crippen LogP contribution in [0.2, 0.25) is 0 Å². The van der Waals surface area contributed by atoms with Crippen LogP contribution >= 0.6 is 0 Å². The van der Waals surface area contributed by atoms with Gasteiger partial charge in [0, 0.05) is 17.2 Å².